The van der Waals surface area contributed by atoms with Gasteiger partial charge in [0.15, 0.2) is 0 Å². The summed E-state index contributed by atoms with van der Waals surface area (Å²) in [5.74, 6) is -1.15. The second-order valence-electron chi connectivity index (χ2n) is 10.7. The zero-order valence-electron chi connectivity index (χ0n) is 25.6. The Labute approximate surface area is 288 Å². The van der Waals surface area contributed by atoms with Crippen LogP contribution in [0.3, 0.4) is 0 Å². The van der Waals surface area contributed by atoms with E-state index in [4.69, 9.17) is 23.2 Å². The molecule has 0 bridgehead atoms. The van der Waals surface area contributed by atoms with Gasteiger partial charge in [0.05, 0.1) is 10.0 Å². The third-order valence-corrected chi connectivity index (χ3v) is 9.26. The number of thioether (sulfide) groups is 1. The van der Waals surface area contributed by atoms with Crippen LogP contribution in [-0.2, 0) is 9.59 Å². The van der Waals surface area contributed by atoms with E-state index in [1.807, 2.05) is 74.5 Å². The van der Waals surface area contributed by atoms with Gasteiger partial charge in [0.2, 0.25) is 5.91 Å². The van der Waals surface area contributed by atoms with Crippen LogP contribution in [0.4, 0.5) is 11.4 Å². The maximum Gasteiger partial charge on any atom is 0.272 e. The zero-order valence-corrected chi connectivity index (χ0v) is 27.9. The SMILES string of the molecule is Cc1ccc(NC(=O)C(Sc2ccc(NC(=O)/C(=C/c3cccc(Cl)c3Cl)NC(=O)c3ccccc3)cc2)c2ccccc2)c(C)c1. The highest BCUT2D eigenvalue weighted by atomic mass is 35.5. The van der Waals surface area contributed by atoms with Gasteiger partial charge in [-0.05, 0) is 85.1 Å². The molecule has 3 amide bonds. The molecule has 47 heavy (non-hydrogen) atoms. The fraction of sp³-hybridized carbons (Fsp3) is 0.0789. The number of carbonyl (C=O) groups is 3. The summed E-state index contributed by atoms with van der Waals surface area (Å²) >= 11 is 14.0. The second kappa shape index (κ2) is 15.6. The number of amides is 3. The molecule has 1 unspecified atom stereocenters. The van der Waals surface area contributed by atoms with Crippen molar-refractivity contribution in [2.24, 2.45) is 0 Å². The van der Waals surface area contributed by atoms with Gasteiger partial charge in [-0.3, -0.25) is 14.4 Å². The Morgan fingerprint density at radius 3 is 2.11 bits per heavy atom. The van der Waals surface area contributed by atoms with Crippen molar-refractivity contribution >= 4 is 70.1 Å². The predicted octanol–water partition coefficient (Wildman–Crippen LogP) is 9.49. The number of aryl methyl sites for hydroxylation is 2. The summed E-state index contributed by atoms with van der Waals surface area (Å²) in [6, 6.07) is 36.3. The molecule has 0 aliphatic heterocycles. The van der Waals surface area contributed by atoms with Gasteiger partial charge in [0.25, 0.3) is 11.8 Å². The van der Waals surface area contributed by atoms with Crippen LogP contribution in [0.25, 0.3) is 6.08 Å². The smallest absolute Gasteiger partial charge is 0.272 e. The largest absolute Gasteiger partial charge is 0.325 e. The van der Waals surface area contributed by atoms with Gasteiger partial charge in [-0.15, -0.1) is 11.8 Å². The summed E-state index contributed by atoms with van der Waals surface area (Å²) in [6.45, 7) is 3.98. The van der Waals surface area contributed by atoms with E-state index in [9.17, 15) is 14.4 Å². The van der Waals surface area contributed by atoms with Gasteiger partial charge >= 0.3 is 0 Å². The van der Waals surface area contributed by atoms with Gasteiger partial charge in [-0.1, -0.05) is 102 Å². The molecule has 0 saturated carbocycles. The van der Waals surface area contributed by atoms with Crippen molar-refractivity contribution < 1.29 is 14.4 Å². The Morgan fingerprint density at radius 1 is 0.745 bits per heavy atom. The Kier molecular flexibility index (Phi) is 11.2. The Balaban J connectivity index is 1.35. The van der Waals surface area contributed by atoms with Crippen LogP contribution in [0, 0.1) is 13.8 Å². The van der Waals surface area contributed by atoms with E-state index in [1.165, 1.54) is 17.8 Å². The molecule has 5 aromatic rings. The highest BCUT2D eigenvalue weighted by Gasteiger charge is 2.23. The number of benzene rings is 5. The van der Waals surface area contributed by atoms with Crippen LogP contribution in [0.5, 0.6) is 0 Å². The molecule has 5 aromatic carbocycles. The van der Waals surface area contributed by atoms with Gasteiger partial charge < -0.3 is 16.0 Å². The third-order valence-electron chi connectivity index (χ3n) is 7.16. The van der Waals surface area contributed by atoms with E-state index in [0.717, 1.165) is 27.3 Å². The second-order valence-corrected chi connectivity index (χ2v) is 12.7. The maximum absolute atomic E-state index is 13.6. The summed E-state index contributed by atoms with van der Waals surface area (Å²) in [6.07, 6.45) is 1.48. The average molecular weight is 681 g/mol. The van der Waals surface area contributed by atoms with Crippen LogP contribution in [0.2, 0.25) is 10.0 Å². The summed E-state index contributed by atoms with van der Waals surface area (Å²) in [5.41, 5.74) is 5.07. The first-order chi connectivity index (χ1) is 22.7. The molecule has 9 heteroatoms. The summed E-state index contributed by atoms with van der Waals surface area (Å²) < 4.78 is 0. The minimum atomic E-state index is -0.555. The van der Waals surface area contributed by atoms with Gasteiger partial charge in [0.1, 0.15) is 10.9 Å². The molecule has 0 heterocycles. The Bertz CT molecular complexity index is 1930. The van der Waals surface area contributed by atoms with Crippen LogP contribution >= 0.6 is 35.0 Å². The van der Waals surface area contributed by atoms with Gasteiger partial charge in [-0.25, -0.2) is 0 Å². The molecule has 0 aliphatic carbocycles. The fourth-order valence-corrected chi connectivity index (χ4v) is 6.12. The molecule has 5 rings (SSSR count). The molecule has 0 spiro atoms. The minimum Gasteiger partial charge on any atom is -0.325 e. The average Bonchev–Trinajstić information content (AvgIpc) is 3.08. The number of rotatable bonds is 10. The van der Waals surface area contributed by atoms with Crippen molar-refractivity contribution in [2.75, 3.05) is 10.6 Å². The lowest BCUT2D eigenvalue weighted by atomic mass is 10.1. The van der Waals surface area contributed by atoms with Crippen LogP contribution in [0.15, 0.2) is 132 Å². The molecular weight excluding hydrogens is 649 g/mol. The van der Waals surface area contributed by atoms with Crippen LogP contribution in [-0.4, -0.2) is 17.7 Å². The predicted molar refractivity (Wildman–Crippen MR) is 193 cm³/mol. The van der Waals surface area contributed by atoms with Crippen molar-refractivity contribution in [3.8, 4) is 0 Å². The molecule has 6 nitrogen and oxygen atoms in total. The zero-order chi connectivity index (χ0) is 33.3. The molecule has 0 aliphatic rings. The third kappa shape index (κ3) is 8.92. The highest BCUT2D eigenvalue weighted by Crippen LogP contribution is 2.37. The highest BCUT2D eigenvalue weighted by molar-refractivity contribution is 8.00. The number of halogens is 2. The van der Waals surface area contributed by atoms with Crippen molar-refractivity contribution in [1.29, 1.82) is 0 Å². The van der Waals surface area contributed by atoms with E-state index in [1.54, 1.807) is 60.7 Å². The molecule has 0 saturated heterocycles. The van der Waals surface area contributed by atoms with Gasteiger partial charge in [0, 0.05) is 21.8 Å². The minimum absolute atomic E-state index is 0.0197. The lowest BCUT2D eigenvalue weighted by molar-refractivity contribution is -0.116. The number of carbonyl (C=O) groups excluding carboxylic acids is 3. The number of hydrogen-bond donors (Lipinski definition) is 3. The molecule has 236 valence electrons. The first kappa shape index (κ1) is 33.5. The van der Waals surface area contributed by atoms with Crippen LogP contribution < -0.4 is 16.0 Å². The monoisotopic (exact) mass is 679 g/mol. The van der Waals surface area contributed by atoms with Crippen molar-refractivity contribution in [3.05, 3.63) is 165 Å². The molecule has 1 atom stereocenters. The van der Waals surface area contributed by atoms with Crippen molar-refractivity contribution in [3.63, 3.8) is 0 Å². The van der Waals surface area contributed by atoms with Gasteiger partial charge in [-0.2, -0.15) is 0 Å². The standard InChI is InChI=1S/C38H31Cl2N3O3S/c1-24-16-21-32(25(2)22-24)42-38(46)35(26-10-5-3-6-11-26)47-30-19-17-29(18-20-30)41-37(45)33(23-28-14-9-15-31(39)34(28)40)43-36(44)27-12-7-4-8-13-27/h3-23,35H,1-2H3,(H,41,45)(H,42,46)(H,43,44)/b33-23-. The molecule has 0 radical (unpaired) electrons. The number of nitrogens with one attached hydrogen (secondary N) is 3. The summed E-state index contributed by atoms with van der Waals surface area (Å²) in [5, 5.41) is 8.68. The quantitative estimate of drug-likeness (QED) is 0.101. The first-order valence-corrected chi connectivity index (χ1v) is 16.3. The molecule has 3 N–H and O–H groups in total. The molecular formula is C38H31Cl2N3O3S. The van der Waals surface area contributed by atoms with E-state index in [-0.39, 0.29) is 16.6 Å². The van der Waals surface area contributed by atoms with E-state index in [0.29, 0.717) is 21.8 Å². The van der Waals surface area contributed by atoms with Crippen LogP contribution in [0.1, 0.15) is 37.9 Å². The first-order valence-electron chi connectivity index (χ1n) is 14.7. The lowest BCUT2D eigenvalue weighted by Crippen LogP contribution is -2.30. The topological polar surface area (TPSA) is 87.3 Å². The lowest BCUT2D eigenvalue weighted by Gasteiger charge is -2.18. The fourth-order valence-electron chi connectivity index (χ4n) is 4.73. The Hall–Kier alpha value is -4.82. The normalized spacial score (nSPS) is 11.8. The summed E-state index contributed by atoms with van der Waals surface area (Å²) in [7, 11) is 0. The van der Waals surface area contributed by atoms with E-state index in [2.05, 4.69) is 16.0 Å². The van der Waals surface area contributed by atoms with Crippen molar-refractivity contribution in [2.45, 2.75) is 24.0 Å². The molecule has 0 aromatic heterocycles. The van der Waals surface area contributed by atoms with Crippen molar-refractivity contribution in [1.82, 2.24) is 5.32 Å². The van der Waals surface area contributed by atoms with E-state index >= 15 is 0 Å². The van der Waals surface area contributed by atoms with E-state index < -0.39 is 17.1 Å². The Morgan fingerprint density at radius 2 is 1.43 bits per heavy atom. The summed E-state index contributed by atoms with van der Waals surface area (Å²) in [4.78, 5) is 40.9. The number of hydrogen-bond acceptors (Lipinski definition) is 4. The molecule has 0 fully saturated rings. The number of anilines is 2. The maximum atomic E-state index is 13.6.